The zero-order valence-corrected chi connectivity index (χ0v) is 17.0. The van der Waals surface area contributed by atoms with Crippen molar-refractivity contribution in [2.45, 2.75) is 40.0 Å². The van der Waals surface area contributed by atoms with Gasteiger partial charge in [-0.1, -0.05) is 26.8 Å². The molecule has 0 aliphatic carbocycles. The Morgan fingerprint density at radius 3 is 1.62 bits per heavy atom. The summed E-state index contributed by atoms with van der Waals surface area (Å²) in [5, 5.41) is 0. The largest absolute Gasteiger partial charge is 0.380 e. The highest BCUT2D eigenvalue weighted by molar-refractivity contribution is 4.87. The Morgan fingerprint density at radius 1 is 0.846 bits per heavy atom. The molecular weight excluding hydrogens is 332 g/mol. The molecule has 2 aliphatic heterocycles. The lowest BCUT2D eigenvalue weighted by molar-refractivity contribution is -0.176. The van der Waals surface area contributed by atoms with E-state index in [2.05, 4.69) is 27.4 Å². The Kier molecular flexibility index (Phi) is 8.55. The fraction of sp³-hybridized carbons (Fsp3) is 0.905. The van der Waals surface area contributed by atoms with E-state index in [1.165, 1.54) is 0 Å². The molecule has 2 aliphatic rings. The summed E-state index contributed by atoms with van der Waals surface area (Å²) >= 11 is 0. The second kappa shape index (κ2) is 10.2. The molecule has 2 rings (SSSR count). The van der Waals surface area contributed by atoms with E-state index >= 15 is 0 Å². The molecule has 0 atom stereocenters. The lowest BCUT2D eigenvalue weighted by Crippen LogP contribution is -2.48. The summed E-state index contributed by atoms with van der Waals surface area (Å²) in [6.45, 7) is 17.6. The minimum atomic E-state index is -0.123. The van der Waals surface area contributed by atoms with Crippen LogP contribution < -0.4 is 0 Å². The van der Waals surface area contributed by atoms with Crippen LogP contribution in [0, 0.1) is 16.2 Å². The monoisotopic (exact) mass is 370 g/mol. The molecule has 2 saturated heterocycles. The van der Waals surface area contributed by atoms with Crippen molar-refractivity contribution in [1.82, 2.24) is 0 Å². The quantitative estimate of drug-likeness (QED) is 0.326. The van der Waals surface area contributed by atoms with Crippen LogP contribution in [0.4, 0.5) is 0 Å². The minimum absolute atomic E-state index is 0.123. The van der Waals surface area contributed by atoms with Crippen LogP contribution in [0.5, 0.6) is 0 Å². The molecule has 0 bridgehead atoms. The fourth-order valence-corrected chi connectivity index (χ4v) is 3.32. The van der Waals surface area contributed by atoms with Gasteiger partial charge in [0.05, 0.1) is 66.1 Å². The Hall–Kier alpha value is -0.460. The lowest BCUT2D eigenvalue weighted by Gasteiger charge is -2.43. The topological polar surface area (TPSA) is 46.2 Å². The number of hydrogen-bond donors (Lipinski definition) is 0. The van der Waals surface area contributed by atoms with Crippen molar-refractivity contribution in [3.8, 4) is 0 Å². The van der Waals surface area contributed by atoms with E-state index in [0.717, 1.165) is 58.9 Å². The Bertz CT molecular complexity index is 376. The molecule has 0 radical (unpaired) electrons. The molecule has 2 heterocycles. The van der Waals surface area contributed by atoms with Crippen LogP contribution in [0.25, 0.3) is 0 Å². The van der Waals surface area contributed by atoms with Crippen LogP contribution in [-0.4, -0.2) is 66.1 Å². The van der Waals surface area contributed by atoms with E-state index in [0.29, 0.717) is 26.4 Å². The summed E-state index contributed by atoms with van der Waals surface area (Å²) in [7, 11) is 0. The number of hydrogen-bond acceptors (Lipinski definition) is 5. The van der Waals surface area contributed by atoms with Crippen molar-refractivity contribution >= 4 is 0 Å². The Balaban J connectivity index is 1.85. The van der Waals surface area contributed by atoms with Crippen molar-refractivity contribution < 1.29 is 23.7 Å². The smallest absolute Gasteiger partial charge is 0.0645 e. The Labute approximate surface area is 159 Å². The van der Waals surface area contributed by atoms with Gasteiger partial charge < -0.3 is 23.7 Å². The molecule has 5 nitrogen and oxygen atoms in total. The summed E-state index contributed by atoms with van der Waals surface area (Å²) in [6, 6.07) is 0. The van der Waals surface area contributed by atoms with Gasteiger partial charge in [0.25, 0.3) is 0 Å². The first-order valence-electron chi connectivity index (χ1n) is 10.1. The molecule has 2 fully saturated rings. The molecule has 0 aromatic heterocycles. The second-order valence-corrected chi connectivity index (χ2v) is 8.34. The highest BCUT2D eigenvalue weighted by Gasteiger charge is 2.40. The molecule has 0 N–H and O–H groups in total. The van der Waals surface area contributed by atoms with Crippen molar-refractivity contribution in [3.63, 3.8) is 0 Å². The van der Waals surface area contributed by atoms with Crippen LogP contribution in [-0.2, 0) is 23.7 Å². The van der Waals surface area contributed by atoms with Crippen LogP contribution >= 0.6 is 0 Å². The first-order chi connectivity index (χ1) is 12.6. The Morgan fingerprint density at radius 2 is 1.31 bits per heavy atom. The summed E-state index contributed by atoms with van der Waals surface area (Å²) in [6.07, 6.45) is 4.93. The summed E-state index contributed by atoms with van der Waals surface area (Å²) < 4.78 is 29.0. The predicted octanol–water partition coefficient (Wildman–Crippen LogP) is 3.47. The van der Waals surface area contributed by atoms with Gasteiger partial charge in [-0.25, -0.2) is 0 Å². The highest BCUT2D eigenvalue weighted by atomic mass is 16.5. The van der Waals surface area contributed by atoms with Crippen LogP contribution in [0.2, 0.25) is 0 Å². The van der Waals surface area contributed by atoms with Gasteiger partial charge >= 0.3 is 0 Å². The third-order valence-electron chi connectivity index (χ3n) is 6.16. The van der Waals surface area contributed by atoms with Gasteiger partial charge in [0.2, 0.25) is 0 Å². The van der Waals surface area contributed by atoms with Crippen molar-refractivity contribution in [2.75, 3.05) is 66.1 Å². The maximum Gasteiger partial charge on any atom is 0.0645 e. The molecule has 0 amide bonds. The van der Waals surface area contributed by atoms with Crippen LogP contribution in [0.3, 0.4) is 0 Å². The van der Waals surface area contributed by atoms with Crippen LogP contribution in [0.1, 0.15) is 40.0 Å². The van der Waals surface area contributed by atoms with E-state index in [9.17, 15) is 0 Å². The molecule has 5 heteroatoms. The zero-order valence-electron chi connectivity index (χ0n) is 17.0. The van der Waals surface area contributed by atoms with E-state index in [1.807, 2.05) is 0 Å². The predicted molar refractivity (Wildman–Crippen MR) is 102 cm³/mol. The summed E-state index contributed by atoms with van der Waals surface area (Å²) in [4.78, 5) is 0. The van der Waals surface area contributed by atoms with E-state index < -0.39 is 0 Å². The highest BCUT2D eigenvalue weighted by Crippen LogP contribution is 2.34. The van der Waals surface area contributed by atoms with Gasteiger partial charge in [0.1, 0.15) is 0 Å². The molecule has 152 valence electrons. The van der Waals surface area contributed by atoms with Crippen molar-refractivity contribution in [2.24, 2.45) is 16.2 Å². The molecule has 0 unspecified atom stereocenters. The molecule has 0 saturated carbocycles. The first-order valence-corrected chi connectivity index (χ1v) is 10.1. The maximum absolute atomic E-state index is 6.18. The van der Waals surface area contributed by atoms with Crippen LogP contribution in [0.15, 0.2) is 12.7 Å². The molecule has 0 aromatic carbocycles. The zero-order chi connectivity index (χ0) is 18.9. The molecule has 26 heavy (non-hydrogen) atoms. The summed E-state index contributed by atoms with van der Waals surface area (Å²) in [5.74, 6) is 0. The lowest BCUT2D eigenvalue weighted by atomic mass is 9.83. The van der Waals surface area contributed by atoms with Crippen molar-refractivity contribution in [3.05, 3.63) is 12.7 Å². The first kappa shape index (κ1) is 21.8. The van der Waals surface area contributed by atoms with Gasteiger partial charge in [-0.3, -0.25) is 0 Å². The standard InChI is InChI=1S/C21H38O5/c1-5-9-22-10-19(6-2,11-23-13-20(7-3)15-25-16-20)12-24-14-21(8-4)17-26-18-21/h5H,1,6-18H2,2-4H3. The number of rotatable bonds is 15. The van der Waals surface area contributed by atoms with Gasteiger partial charge in [0, 0.05) is 16.2 Å². The van der Waals surface area contributed by atoms with E-state index in [4.69, 9.17) is 23.7 Å². The summed E-state index contributed by atoms with van der Waals surface area (Å²) in [5.41, 5.74) is 0.289. The third kappa shape index (κ3) is 5.52. The van der Waals surface area contributed by atoms with Crippen molar-refractivity contribution in [1.29, 1.82) is 0 Å². The average molecular weight is 371 g/mol. The van der Waals surface area contributed by atoms with Gasteiger partial charge in [-0.15, -0.1) is 6.58 Å². The number of ether oxygens (including phenoxy) is 5. The molecule has 0 aromatic rings. The SMILES string of the molecule is C=CCOCC(CC)(COCC1(CC)COC1)COCC1(CC)COC1. The maximum atomic E-state index is 6.18. The van der Waals surface area contributed by atoms with Gasteiger partial charge in [0.15, 0.2) is 0 Å². The fourth-order valence-electron chi connectivity index (χ4n) is 3.32. The molecular formula is C21H38O5. The normalized spacial score (nSPS) is 21.0. The van der Waals surface area contributed by atoms with Gasteiger partial charge in [-0.05, 0) is 19.3 Å². The third-order valence-corrected chi connectivity index (χ3v) is 6.16. The average Bonchev–Trinajstić information content (AvgIpc) is 2.59. The minimum Gasteiger partial charge on any atom is -0.380 e. The van der Waals surface area contributed by atoms with E-state index in [1.54, 1.807) is 6.08 Å². The van der Waals surface area contributed by atoms with E-state index in [-0.39, 0.29) is 16.2 Å². The second-order valence-electron chi connectivity index (χ2n) is 8.34. The molecule has 0 spiro atoms. The van der Waals surface area contributed by atoms with Gasteiger partial charge in [-0.2, -0.15) is 0 Å².